The average molecular weight is 444 g/mol. The molecule has 0 spiro atoms. The number of esters is 1. The van der Waals surface area contributed by atoms with Crippen molar-refractivity contribution in [1.29, 1.82) is 0 Å². The van der Waals surface area contributed by atoms with Gasteiger partial charge in [-0.05, 0) is 50.2 Å². The summed E-state index contributed by atoms with van der Waals surface area (Å²) in [6.07, 6.45) is 1.41. The number of rotatable bonds is 6. The number of hydrogen-bond acceptors (Lipinski definition) is 6. The number of nitrogens with one attached hydrogen (secondary N) is 2. The van der Waals surface area contributed by atoms with Gasteiger partial charge in [-0.2, -0.15) is 0 Å². The number of aromatic amines is 2. The summed E-state index contributed by atoms with van der Waals surface area (Å²) >= 11 is 0. The molecule has 0 saturated carbocycles. The molecule has 2 N–H and O–H groups in total. The predicted octanol–water partition coefficient (Wildman–Crippen LogP) is 4.98. The smallest absolute Gasteiger partial charge is 0.357 e. The van der Waals surface area contributed by atoms with Crippen LogP contribution in [0.3, 0.4) is 0 Å². The number of carbonyl (C=O) groups excluding carboxylic acids is 1. The van der Waals surface area contributed by atoms with Crippen LogP contribution in [0.15, 0.2) is 42.6 Å². The van der Waals surface area contributed by atoms with E-state index in [0.717, 1.165) is 50.0 Å². The summed E-state index contributed by atoms with van der Waals surface area (Å²) in [6, 6.07) is 11.7. The molecular formula is C25H24N4O4. The molecule has 5 rings (SSSR count). The summed E-state index contributed by atoms with van der Waals surface area (Å²) < 4.78 is 16.2. The molecule has 33 heavy (non-hydrogen) atoms. The van der Waals surface area contributed by atoms with Gasteiger partial charge < -0.3 is 24.2 Å². The van der Waals surface area contributed by atoms with Crippen molar-refractivity contribution in [2.24, 2.45) is 0 Å². The van der Waals surface area contributed by atoms with Gasteiger partial charge in [-0.3, -0.25) is 0 Å². The fourth-order valence-electron chi connectivity index (χ4n) is 4.14. The monoisotopic (exact) mass is 444 g/mol. The van der Waals surface area contributed by atoms with E-state index in [2.05, 4.69) is 15.0 Å². The largest absolute Gasteiger partial charge is 0.497 e. The zero-order valence-electron chi connectivity index (χ0n) is 18.9. The lowest BCUT2D eigenvalue weighted by atomic mass is 10.0. The van der Waals surface area contributed by atoms with E-state index in [1.165, 1.54) is 0 Å². The first kappa shape index (κ1) is 21.0. The van der Waals surface area contributed by atoms with Crippen LogP contribution in [0.4, 0.5) is 0 Å². The molecule has 0 aliphatic rings. The first-order valence-electron chi connectivity index (χ1n) is 10.7. The van der Waals surface area contributed by atoms with E-state index in [1.807, 2.05) is 50.2 Å². The van der Waals surface area contributed by atoms with Gasteiger partial charge in [0.15, 0.2) is 5.69 Å². The predicted molar refractivity (Wildman–Crippen MR) is 127 cm³/mol. The fourth-order valence-corrected chi connectivity index (χ4v) is 4.14. The molecule has 0 aliphatic carbocycles. The van der Waals surface area contributed by atoms with E-state index in [1.54, 1.807) is 20.4 Å². The normalized spacial score (nSPS) is 11.7. The minimum absolute atomic E-state index is 0.218. The maximum Gasteiger partial charge on any atom is 0.357 e. The SMILES string of the molecule is COCc1c(C(=O)OC(C)C)ncc2[nH]c3ccc4nc(-c5ccc(OC)cc5)[nH]c4c3c12. The number of carbonyl (C=O) groups is 1. The fraction of sp³-hybridized carbons (Fsp3) is 0.240. The minimum Gasteiger partial charge on any atom is -0.497 e. The van der Waals surface area contributed by atoms with Crippen LogP contribution >= 0.6 is 0 Å². The number of hydrogen-bond donors (Lipinski definition) is 2. The van der Waals surface area contributed by atoms with E-state index in [9.17, 15) is 4.79 Å². The molecule has 0 atom stereocenters. The van der Waals surface area contributed by atoms with E-state index < -0.39 is 5.97 Å². The number of aromatic nitrogens is 4. The van der Waals surface area contributed by atoms with Gasteiger partial charge in [0.1, 0.15) is 11.6 Å². The number of ether oxygens (including phenoxy) is 3. The molecule has 0 bridgehead atoms. The van der Waals surface area contributed by atoms with Gasteiger partial charge in [0, 0.05) is 34.5 Å². The maximum absolute atomic E-state index is 12.8. The van der Waals surface area contributed by atoms with E-state index in [0.29, 0.717) is 5.56 Å². The first-order valence-corrected chi connectivity index (χ1v) is 10.7. The minimum atomic E-state index is -0.469. The van der Waals surface area contributed by atoms with Gasteiger partial charge in [0.25, 0.3) is 0 Å². The Kier molecular flexibility index (Phi) is 5.22. The summed E-state index contributed by atoms with van der Waals surface area (Å²) in [7, 11) is 3.24. The molecule has 8 heteroatoms. The van der Waals surface area contributed by atoms with Crippen molar-refractivity contribution in [3.05, 3.63) is 53.9 Å². The Labute approximate surface area is 189 Å². The molecule has 5 aromatic rings. The number of pyridine rings is 1. The van der Waals surface area contributed by atoms with Crippen LogP contribution in [-0.2, 0) is 16.1 Å². The van der Waals surface area contributed by atoms with Crippen molar-refractivity contribution in [3.63, 3.8) is 0 Å². The van der Waals surface area contributed by atoms with E-state index in [4.69, 9.17) is 19.2 Å². The van der Waals surface area contributed by atoms with E-state index >= 15 is 0 Å². The highest BCUT2D eigenvalue weighted by Gasteiger charge is 2.23. The molecule has 0 fully saturated rings. The van der Waals surface area contributed by atoms with Gasteiger partial charge in [-0.1, -0.05) is 0 Å². The van der Waals surface area contributed by atoms with E-state index in [-0.39, 0.29) is 18.4 Å². The topological polar surface area (TPSA) is 102 Å². The zero-order chi connectivity index (χ0) is 23.1. The highest BCUT2D eigenvalue weighted by Crippen LogP contribution is 2.36. The second kappa shape index (κ2) is 8.22. The highest BCUT2D eigenvalue weighted by molar-refractivity contribution is 6.20. The highest BCUT2D eigenvalue weighted by atomic mass is 16.5. The van der Waals surface area contributed by atoms with Gasteiger partial charge in [-0.25, -0.2) is 14.8 Å². The maximum atomic E-state index is 12.8. The number of H-pyrrole nitrogens is 2. The third-order valence-electron chi connectivity index (χ3n) is 5.55. The van der Waals surface area contributed by atoms with Crippen molar-refractivity contribution in [1.82, 2.24) is 19.9 Å². The third kappa shape index (κ3) is 3.58. The number of imidazole rings is 1. The summed E-state index contributed by atoms with van der Waals surface area (Å²) in [4.78, 5) is 28.9. The van der Waals surface area contributed by atoms with Crippen molar-refractivity contribution in [3.8, 4) is 17.1 Å². The number of methoxy groups -OCH3 is 2. The Balaban J connectivity index is 1.76. The Morgan fingerprint density at radius 1 is 1.00 bits per heavy atom. The van der Waals surface area contributed by atoms with Crippen LogP contribution in [0.5, 0.6) is 5.75 Å². The van der Waals surface area contributed by atoms with Crippen molar-refractivity contribution in [2.75, 3.05) is 14.2 Å². The molecule has 0 aliphatic heterocycles. The lowest BCUT2D eigenvalue weighted by Crippen LogP contribution is -2.15. The van der Waals surface area contributed by atoms with Crippen LogP contribution in [0, 0.1) is 0 Å². The van der Waals surface area contributed by atoms with Gasteiger partial charge in [0.05, 0.1) is 42.6 Å². The van der Waals surface area contributed by atoms with Crippen molar-refractivity contribution in [2.45, 2.75) is 26.6 Å². The second-order valence-corrected chi connectivity index (χ2v) is 8.08. The lowest BCUT2D eigenvalue weighted by Gasteiger charge is -2.12. The summed E-state index contributed by atoms with van der Waals surface area (Å²) in [5.41, 5.74) is 5.30. The lowest BCUT2D eigenvalue weighted by molar-refractivity contribution is 0.0366. The molecule has 8 nitrogen and oxygen atoms in total. The Morgan fingerprint density at radius 3 is 2.48 bits per heavy atom. The number of benzene rings is 2. The van der Waals surface area contributed by atoms with Crippen LogP contribution in [0.1, 0.15) is 29.9 Å². The van der Waals surface area contributed by atoms with Crippen molar-refractivity contribution < 1.29 is 19.0 Å². The second-order valence-electron chi connectivity index (χ2n) is 8.08. The molecule has 0 radical (unpaired) electrons. The summed E-state index contributed by atoms with van der Waals surface area (Å²) in [5.74, 6) is 1.06. The van der Waals surface area contributed by atoms with Gasteiger partial charge >= 0.3 is 5.97 Å². The summed E-state index contributed by atoms with van der Waals surface area (Å²) in [5, 5.41) is 1.80. The molecule has 0 amide bonds. The Hall–Kier alpha value is -3.91. The summed E-state index contributed by atoms with van der Waals surface area (Å²) in [6.45, 7) is 3.84. The zero-order valence-corrected chi connectivity index (χ0v) is 18.9. The van der Waals surface area contributed by atoms with Crippen LogP contribution in [-0.4, -0.2) is 46.2 Å². The van der Waals surface area contributed by atoms with Crippen molar-refractivity contribution >= 4 is 38.8 Å². The van der Waals surface area contributed by atoms with Crippen LogP contribution in [0.25, 0.3) is 44.2 Å². The van der Waals surface area contributed by atoms with Crippen LogP contribution < -0.4 is 4.74 Å². The standard InChI is InChI=1S/C25H24N4O4/c1-13(2)33-25(30)22-16(12-31-3)20-19(11-26-22)27-17-9-10-18-23(21(17)20)29-24(28-18)14-5-7-15(32-4)8-6-14/h5-11,13,27H,12H2,1-4H3,(H,28,29). The molecule has 168 valence electrons. The third-order valence-corrected chi connectivity index (χ3v) is 5.55. The number of nitrogens with zero attached hydrogens (tertiary/aromatic N) is 2. The first-order chi connectivity index (χ1) is 16.0. The molecule has 0 unspecified atom stereocenters. The average Bonchev–Trinajstić information content (AvgIpc) is 3.40. The molecule has 2 aromatic carbocycles. The molecule has 3 heterocycles. The Bertz CT molecular complexity index is 1480. The quantitative estimate of drug-likeness (QED) is 0.358. The Morgan fingerprint density at radius 2 is 1.79 bits per heavy atom. The van der Waals surface area contributed by atoms with Gasteiger partial charge in [0.2, 0.25) is 0 Å². The molecule has 3 aromatic heterocycles. The van der Waals surface area contributed by atoms with Gasteiger partial charge in [-0.15, -0.1) is 0 Å². The number of fused-ring (bicyclic) bond motifs is 5. The molecular weight excluding hydrogens is 420 g/mol. The van der Waals surface area contributed by atoms with Crippen LogP contribution in [0.2, 0.25) is 0 Å². The molecule has 0 saturated heterocycles.